The number of nitrogens with zero attached hydrogens (tertiary/aromatic N) is 4. The van der Waals surface area contributed by atoms with E-state index in [4.69, 9.17) is 0 Å². The molecule has 0 unspecified atom stereocenters. The third kappa shape index (κ3) is 13.7. The molecular formula is C27H47N4O4+. The molecule has 198 valence electrons. The maximum atomic E-state index is 11.7. The van der Waals surface area contributed by atoms with Crippen LogP contribution >= 0.6 is 0 Å². The lowest BCUT2D eigenvalue weighted by Gasteiger charge is -2.06. The average Bonchev–Trinajstić information content (AvgIpc) is 3.40. The van der Waals surface area contributed by atoms with Crippen LogP contribution in [0.25, 0.3) is 0 Å². The second-order valence-electron chi connectivity index (χ2n) is 9.27. The third-order valence-corrected chi connectivity index (χ3v) is 6.03. The maximum absolute atomic E-state index is 11.7. The lowest BCUT2D eigenvalue weighted by molar-refractivity contribution is -0.673. The van der Waals surface area contributed by atoms with Gasteiger partial charge in [-0.2, -0.15) is 0 Å². The Hall–Kier alpha value is -2.64. The summed E-state index contributed by atoms with van der Waals surface area (Å²) in [6.07, 6.45) is 24.5. The summed E-state index contributed by atoms with van der Waals surface area (Å²) in [7, 11) is 3.74. The fourth-order valence-corrected chi connectivity index (χ4v) is 4.04. The zero-order valence-electron chi connectivity index (χ0n) is 22.4. The van der Waals surface area contributed by atoms with Crippen LogP contribution in [0.15, 0.2) is 31.1 Å². The van der Waals surface area contributed by atoms with E-state index in [1.165, 1.54) is 77.2 Å². The maximum Gasteiger partial charge on any atom is 0.356 e. The van der Waals surface area contributed by atoms with E-state index in [-0.39, 0.29) is 5.82 Å². The molecule has 8 nitrogen and oxygen atoms in total. The number of carbonyl (C=O) groups excluding carboxylic acids is 2. The molecule has 0 amide bonds. The second kappa shape index (κ2) is 18.7. The molecule has 0 aliphatic carbocycles. The Morgan fingerprint density at radius 1 is 0.800 bits per heavy atom. The topological polar surface area (TPSA) is 84.0 Å². The summed E-state index contributed by atoms with van der Waals surface area (Å²) in [5.41, 5.74) is 0. The number of unbranched alkanes of at least 4 members (excludes halogenated alkanes) is 11. The first-order chi connectivity index (χ1) is 16.9. The Morgan fingerprint density at radius 2 is 1.34 bits per heavy atom. The number of rotatable bonds is 16. The van der Waals surface area contributed by atoms with Crippen LogP contribution in [0.3, 0.4) is 0 Å². The number of esters is 1. The third-order valence-electron chi connectivity index (χ3n) is 6.03. The molecule has 0 fully saturated rings. The quantitative estimate of drug-likeness (QED) is 0.152. The fourth-order valence-electron chi connectivity index (χ4n) is 4.04. The number of carboxylic acid groups (broad SMARTS) is 1. The van der Waals surface area contributed by atoms with Gasteiger partial charge >= 0.3 is 11.8 Å². The van der Waals surface area contributed by atoms with Crippen LogP contribution in [-0.2, 0) is 31.9 Å². The smallest absolute Gasteiger partial charge is 0.356 e. The Kier molecular flexibility index (Phi) is 16.2. The molecule has 0 aliphatic heterocycles. The van der Waals surface area contributed by atoms with Gasteiger partial charge in [0.25, 0.3) is 6.16 Å². The first-order valence-corrected chi connectivity index (χ1v) is 13.4. The zero-order chi connectivity index (χ0) is 25.9. The average molecular weight is 492 g/mol. The highest BCUT2D eigenvalue weighted by molar-refractivity contribution is 5.90. The van der Waals surface area contributed by atoms with Gasteiger partial charge in [0.05, 0.1) is 27.2 Å². The zero-order valence-corrected chi connectivity index (χ0v) is 22.4. The second-order valence-corrected chi connectivity index (χ2v) is 9.27. The largest absolute Gasteiger partial charge is 0.475 e. The van der Waals surface area contributed by atoms with Crippen LogP contribution in [0.4, 0.5) is 4.79 Å². The number of ether oxygens (including phenoxy) is 1. The SMILES string of the molecule is CCCCCCCCCn1cc[n+](C)c1C(=O)OC(=O)[O-].CCCCCCCCn1cc[n+](C)c1. The highest BCUT2D eigenvalue weighted by Crippen LogP contribution is 2.09. The number of aromatic nitrogens is 4. The molecule has 0 N–H and O–H groups in total. The first-order valence-electron chi connectivity index (χ1n) is 13.4. The Bertz CT molecular complexity index is 844. The number of hydrogen-bond acceptors (Lipinski definition) is 4. The van der Waals surface area contributed by atoms with Crippen molar-refractivity contribution in [2.75, 3.05) is 0 Å². The van der Waals surface area contributed by atoms with Gasteiger partial charge in [-0.05, 0) is 25.7 Å². The molecule has 0 saturated carbocycles. The standard InChI is InChI=1S/C15H24N2O4.C12H23N2/c1-3-4-5-6-7-8-9-10-17-12-11-16(2)13(17)14(18)21-15(19)20;1-3-4-5-6-7-8-9-14-11-10-13(2)12-14/h11-12H,3-10H2,1-2H3;10-12H,3-9H2,1-2H3/q;+1. The molecule has 2 rings (SSSR count). The van der Waals surface area contributed by atoms with E-state index in [1.807, 2.05) is 0 Å². The van der Waals surface area contributed by atoms with Gasteiger partial charge in [-0.15, -0.1) is 0 Å². The summed E-state index contributed by atoms with van der Waals surface area (Å²) in [6, 6.07) is 0. The minimum absolute atomic E-state index is 0.213. The summed E-state index contributed by atoms with van der Waals surface area (Å²) >= 11 is 0. The minimum Gasteiger partial charge on any atom is -0.475 e. The summed E-state index contributed by atoms with van der Waals surface area (Å²) in [5.74, 6) is -0.685. The normalized spacial score (nSPS) is 10.6. The Labute approximate surface area is 211 Å². The molecule has 0 atom stereocenters. The van der Waals surface area contributed by atoms with E-state index >= 15 is 0 Å². The van der Waals surface area contributed by atoms with Gasteiger partial charge in [-0.1, -0.05) is 71.6 Å². The fraction of sp³-hybridized carbons (Fsp3) is 0.704. The summed E-state index contributed by atoms with van der Waals surface area (Å²) in [4.78, 5) is 22.0. The molecule has 8 heteroatoms. The Morgan fingerprint density at radius 3 is 1.86 bits per heavy atom. The summed E-state index contributed by atoms with van der Waals surface area (Å²) < 4.78 is 11.7. The van der Waals surface area contributed by atoms with Crippen molar-refractivity contribution in [3.8, 4) is 0 Å². The number of aryl methyl sites for hydroxylation is 4. The molecule has 2 aromatic rings. The molecule has 0 aromatic carbocycles. The number of carbonyl (C=O) groups is 2. The van der Waals surface area contributed by atoms with Crippen LogP contribution in [0.2, 0.25) is 0 Å². The van der Waals surface area contributed by atoms with Gasteiger partial charge in [-0.25, -0.2) is 18.3 Å². The monoisotopic (exact) mass is 491 g/mol. The van der Waals surface area contributed by atoms with Crippen LogP contribution in [0.5, 0.6) is 0 Å². The summed E-state index contributed by atoms with van der Waals surface area (Å²) in [5, 5.41) is 10.3. The molecule has 0 radical (unpaired) electrons. The number of hydrogen-bond donors (Lipinski definition) is 0. The van der Waals surface area contributed by atoms with Crippen molar-refractivity contribution in [3.05, 3.63) is 36.9 Å². The van der Waals surface area contributed by atoms with Crippen LogP contribution in [0.1, 0.15) is 108 Å². The molecular weight excluding hydrogens is 444 g/mol. The molecule has 0 saturated heterocycles. The van der Waals surface area contributed by atoms with Crippen molar-refractivity contribution in [2.24, 2.45) is 14.1 Å². The van der Waals surface area contributed by atoms with E-state index < -0.39 is 12.1 Å². The predicted molar refractivity (Wildman–Crippen MR) is 133 cm³/mol. The van der Waals surface area contributed by atoms with Crippen molar-refractivity contribution in [2.45, 2.75) is 110 Å². The lowest BCUT2D eigenvalue weighted by Crippen LogP contribution is -2.38. The predicted octanol–water partition coefficient (Wildman–Crippen LogP) is 4.24. The molecule has 2 aromatic heterocycles. The first kappa shape index (κ1) is 30.4. The molecule has 35 heavy (non-hydrogen) atoms. The van der Waals surface area contributed by atoms with Crippen molar-refractivity contribution in [3.63, 3.8) is 0 Å². The number of imidazole rings is 2. The van der Waals surface area contributed by atoms with E-state index in [2.05, 4.69) is 53.5 Å². The molecule has 2 heterocycles. The van der Waals surface area contributed by atoms with Gasteiger partial charge in [0.1, 0.15) is 24.8 Å². The van der Waals surface area contributed by atoms with Gasteiger partial charge in [0.2, 0.25) is 6.33 Å². The van der Waals surface area contributed by atoms with Crippen molar-refractivity contribution < 1.29 is 28.6 Å². The van der Waals surface area contributed by atoms with E-state index in [9.17, 15) is 14.7 Å². The molecule has 0 spiro atoms. The highest BCUT2D eigenvalue weighted by Gasteiger charge is 2.22. The van der Waals surface area contributed by atoms with E-state index in [0.29, 0.717) is 6.54 Å². The van der Waals surface area contributed by atoms with Crippen molar-refractivity contribution >= 4 is 12.1 Å². The van der Waals surface area contributed by atoms with E-state index in [1.54, 1.807) is 28.6 Å². The van der Waals surface area contributed by atoms with Crippen LogP contribution < -0.4 is 14.2 Å². The van der Waals surface area contributed by atoms with E-state index in [0.717, 1.165) is 12.8 Å². The van der Waals surface area contributed by atoms with Gasteiger partial charge in [0.15, 0.2) is 0 Å². The van der Waals surface area contributed by atoms with Crippen LogP contribution in [-0.4, -0.2) is 21.3 Å². The van der Waals surface area contributed by atoms with Crippen LogP contribution in [0, 0.1) is 0 Å². The molecule has 0 bridgehead atoms. The lowest BCUT2D eigenvalue weighted by atomic mass is 10.1. The van der Waals surface area contributed by atoms with Gasteiger partial charge in [-0.3, -0.25) is 4.79 Å². The molecule has 0 aliphatic rings. The summed E-state index contributed by atoms with van der Waals surface area (Å²) in [6.45, 7) is 6.30. The highest BCUT2D eigenvalue weighted by atomic mass is 16.7. The van der Waals surface area contributed by atoms with Gasteiger partial charge in [0, 0.05) is 0 Å². The van der Waals surface area contributed by atoms with Gasteiger partial charge < -0.3 is 14.6 Å². The Balaban J connectivity index is 0.000000379. The van der Waals surface area contributed by atoms with Crippen molar-refractivity contribution in [1.82, 2.24) is 9.13 Å². The van der Waals surface area contributed by atoms with Crippen molar-refractivity contribution in [1.29, 1.82) is 0 Å². The minimum atomic E-state index is -1.83.